The summed E-state index contributed by atoms with van der Waals surface area (Å²) in [6.07, 6.45) is 0.474. The van der Waals surface area contributed by atoms with Gasteiger partial charge < -0.3 is 14.9 Å². The lowest BCUT2D eigenvalue weighted by atomic mass is 9.82. The van der Waals surface area contributed by atoms with Crippen molar-refractivity contribution in [1.82, 2.24) is 39.7 Å². The highest BCUT2D eigenvalue weighted by molar-refractivity contribution is 6.09. The van der Waals surface area contributed by atoms with E-state index in [1.165, 1.54) is 12.4 Å². The molecule has 13 nitrogen and oxygen atoms in total. The number of hydrogen-bond acceptors (Lipinski definition) is 10. The van der Waals surface area contributed by atoms with Crippen molar-refractivity contribution in [1.29, 1.82) is 0 Å². The standard InChI is InChI=1S/C26H24F3N9O4/c1-13(39)10-37-12-21(34-36-37)15-3-4-22-19(9-31-38(22)11-15)24(40)32-20-7-17(8-30-14(20)2)23-33-25(42-35-23)16-5-18(6-16)41-26(27,28)29/h3-4,7-9,11-13,16,18,39H,5-6,10H2,1-2H3,(H,32,40)/t13-,16?,18?/m0/s1. The van der Waals surface area contributed by atoms with Crippen molar-refractivity contribution in [2.45, 2.75) is 57.7 Å². The maximum absolute atomic E-state index is 13.2. The summed E-state index contributed by atoms with van der Waals surface area (Å²) in [4.78, 5) is 21.9. The van der Waals surface area contributed by atoms with E-state index in [1.54, 1.807) is 53.6 Å². The summed E-state index contributed by atoms with van der Waals surface area (Å²) >= 11 is 0. The molecule has 1 aliphatic carbocycles. The minimum absolute atomic E-state index is 0.124. The second-order valence-corrected chi connectivity index (χ2v) is 10.1. The average Bonchev–Trinajstić information content (AvgIpc) is 3.66. The van der Waals surface area contributed by atoms with Gasteiger partial charge in [-0.25, -0.2) is 9.20 Å². The van der Waals surface area contributed by atoms with Crippen molar-refractivity contribution in [2.24, 2.45) is 0 Å². The number of nitrogens with one attached hydrogen (secondary N) is 1. The third-order valence-electron chi connectivity index (χ3n) is 6.83. The van der Waals surface area contributed by atoms with Gasteiger partial charge in [0.05, 0.1) is 53.6 Å². The van der Waals surface area contributed by atoms with Gasteiger partial charge in [-0.15, -0.1) is 18.3 Å². The van der Waals surface area contributed by atoms with Crippen LogP contribution in [0, 0.1) is 6.92 Å². The van der Waals surface area contributed by atoms with Crippen LogP contribution in [0.2, 0.25) is 0 Å². The maximum atomic E-state index is 13.2. The number of aryl methyl sites for hydroxylation is 1. The molecule has 5 aromatic rings. The summed E-state index contributed by atoms with van der Waals surface area (Å²) in [6.45, 7) is 3.70. The Morgan fingerprint density at radius 1 is 1.24 bits per heavy atom. The average molecular weight is 584 g/mol. The number of alkyl halides is 3. The Balaban J connectivity index is 1.16. The van der Waals surface area contributed by atoms with Crippen LogP contribution in [0.3, 0.4) is 0 Å². The van der Waals surface area contributed by atoms with Gasteiger partial charge in [0.2, 0.25) is 11.7 Å². The molecule has 218 valence electrons. The largest absolute Gasteiger partial charge is 0.522 e. The number of nitrogens with zero attached hydrogens (tertiary/aromatic N) is 8. The van der Waals surface area contributed by atoms with Gasteiger partial charge in [0.25, 0.3) is 5.91 Å². The molecule has 1 amide bonds. The van der Waals surface area contributed by atoms with Crippen LogP contribution in [0.25, 0.3) is 28.2 Å². The summed E-state index contributed by atoms with van der Waals surface area (Å²) in [6, 6.07) is 5.19. The lowest BCUT2D eigenvalue weighted by Crippen LogP contribution is -2.34. The highest BCUT2D eigenvalue weighted by atomic mass is 19.4. The van der Waals surface area contributed by atoms with Crippen molar-refractivity contribution in [2.75, 3.05) is 5.32 Å². The molecule has 0 aliphatic heterocycles. The lowest BCUT2D eigenvalue weighted by Gasteiger charge is -2.32. The van der Waals surface area contributed by atoms with E-state index in [4.69, 9.17) is 4.52 Å². The normalized spacial score (nSPS) is 17.8. The summed E-state index contributed by atoms with van der Waals surface area (Å²) in [5, 5.41) is 28.8. The number of carbonyl (C=O) groups is 1. The van der Waals surface area contributed by atoms with E-state index >= 15 is 0 Å². The predicted molar refractivity (Wildman–Crippen MR) is 139 cm³/mol. The van der Waals surface area contributed by atoms with E-state index in [1.807, 2.05) is 0 Å². The van der Waals surface area contributed by atoms with E-state index in [9.17, 15) is 23.1 Å². The Morgan fingerprint density at radius 2 is 2.05 bits per heavy atom. The van der Waals surface area contributed by atoms with Crippen LogP contribution in [-0.4, -0.2) is 69.3 Å². The van der Waals surface area contributed by atoms with Gasteiger partial charge in [-0.05, 0) is 44.9 Å². The van der Waals surface area contributed by atoms with Crippen LogP contribution in [0.15, 0.2) is 47.5 Å². The smallest absolute Gasteiger partial charge is 0.391 e. The molecule has 5 heterocycles. The van der Waals surface area contributed by atoms with Gasteiger partial charge >= 0.3 is 6.36 Å². The fourth-order valence-corrected chi connectivity index (χ4v) is 4.64. The molecule has 0 aromatic carbocycles. The molecule has 0 bridgehead atoms. The summed E-state index contributed by atoms with van der Waals surface area (Å²) in [5.74, 6) is -0.332. The Kier molecular flexibility index (Phi) is 6.94. The van der Waals surface area contributed by atoms with Gasteiger partial charge in [-0.2, -0.15) is 10.1 Å². The fourth-order valence-electron chi connectivity index (χ4n) is 4.64. The number of halogens is 3. The topological polar surface area (TPSA) is 158 Å². The van der Waals surface area contributed by atoms with E-state index in [-0.39, 0.29) is 30.5 Å². The Morgan fingerprint density at radius 3 is 2.81 bits per heavy atom. The highest BCUT2D eigenvalue weighted by Gasteiger charge is 2.42. The SMILES string of the molecule is Cc1ncc(-c2noc(C3CC(OC(F)(F)F)C3)n2)cc1NC(=O)c1cnn2cc(-c3cn(C[C@H](C)O)nn3)ccc12. The van der Waals surface area contributed by atoms with Gasteiger partial charge in [-0.1, -0.05) is 10.4 Å². The van der Waals surface area contributed by atoms with E-state index in [2.05, 4.69) is 40.6 Å². The van der Waals surface area contributed by atoms with Gasteiger partial charge in [0.1, 0.15) is 5.69 Å². The first-order chi connectivity index (χ1) is 20.0. The third kappa shape index (κ3) is 5.71. The second-order valence-electron chi connectivity index (χ2n) is 10.1. The molecule has 6 rings (SSSR count). The molecule has 0 saturated heterocycles. The number of anilines is 1. The van der Waals surface area contributed by atoms with Crippen LogP contribution in [0.5, 0.6) is 0 Å². The molecule has 1 saturated carbocycles. The highest BCUT2D eigenvalue weighted by Crippen LogP contribution is 2.41. The summed E-state index contributed by atoms with van der Waals surface area (Å²) in [5.41, 5.74) is 3.62. The number of carbonyl (C=O) groups excluding carboxylic acids is 1. The van der Waals surface area contributed by atoms with Gasteiger partial charge in [0.15, 0.2) is 0 Å². The quantitative estimate of drug-likeness (QED) is 0.275. The number of hydrogen-bond donors (Lipinski definition) is 2. The Bertz CT molecular complexity index is 1760. The molecule has 42 heavy (non-hydrogen) atoms. The minimum atomic E-state index is -4.68. The molecule has 2 N–H and O–H groups in total. The second kappa shape index (κ2) is 10.6. The van der Waals surface area contributed by atoms with Crippen molar-refractivity contribution in [3.05, 3.63) is 60.1 Å². The molecular weight excluding hydrogens is 559 g/mol. The van der Waals surface area contributed by atoms with E-state index in [0.29, 0.717) is 40.3 Å². The number of pyridine rings is 2. The number of aliphatic hydroxyl groups excluding tert-OH is 1. The molecule has 0 unspecified atom stereocenters. The number of fused-ring (bicyclic) bond motifs is 1. The van der Waals surface area contributed by atoms with Gasteiger partial charge in [0, 0.05) is 29.4 Å². The van der Waals surface area contributed by atoms with Crippen LogP contribution in [0.4, 0.5) is 18.9 Å². The molecule has 0 radical (unpaired) electrons. The van der Waals surface area contributed by atoms with E-state index < -0.39 is 24.5 Å². The summed E-state index contributed by atoms with van der Waals surface area (Å²) in [7, 11) is 0. The number of aromatic nitrogens is 8. The zero-order chi connectivity index (χ0) is 29.6. The Labute approximate surface area is 235 Å². The first kappa shape index (κ1) is 27.5. The van der Waals surface area contributed by atoms with Crippen molar-refractivity contribution >= 4 is 17.1 Å². The maximum Gasteiger partial charge on any atom is 0.522 e. The number of aliphatic hydroxyl groups is 1. The number of ether oxygens (including phenoxy) is 1. The molecule has 0 spiro atoms. The Hall–Kier alpha value is -4.70. The van der Waals surface area contributed by atoms with Crippen molar-refractivity contribution in [3.8, 4) is 22.6 Å². The van der Waals surface area contributed by atoms with Crippen molar-refractivity contribution in [3.63, 3.8) is 0 Å². The zero-order valence-electron chi connectivity index (χ0n) is 22.3. The van der Waals surface area contributed by atoms with Crippen LogP contribution in [0.1, 0.15) is 47.6 Å². The van der Waals surface area contributed by atoms with Crippen LogP contribution in [-0.2, 0) is 11.3 Å². The van der Waals surface area contributed by atoms with Crippen LogP contribution < -0.4 is 5.32 Å². The molecule has 1 aliphatic rings. The zero-order valence-corrected chi connectivity index (χ0v) is 22.3. The monoisotopic (exact) mass is 583 g/mol. The van der Waals surface area contributed by atoms with Crippen molar-refractivity contribution < 1.29 is 32.3 Å². The minimum Gasteiger partial charge on any atom is -0.391 e. The molecule has 5 aromatic heterocycles. The molecule has 16 heteroatoms. The van der Waals surface area contributed by atoms with Crippen LogP contribution >= 0.6 is 0 Å². The first-order valence-electron chi connectivity index (χ1n) is 12.9. The van der Waals surface area contributed by atoms with E-state index in [0.717, 1.165) is 5.56 Å². The molecular formula is C26H24F3N9O4. The number of amides is 1. The fraction of sp³-hybridized carbons (Fsp3) is 0.346. The molecule has 1 fully saturated rings. The summed E-state index contributed by atoms with van der Waals surface area (Å²) < 4.78 is 49.6. The number of rotatable bonds is 8. The molecule has 1 atom stereocenters. The van der Waals surface area contributed by atoms with Gasteiger partial charge in [-0.3, -0.25) is 14.5 Å². The lowest BCUT2D eigenvalue weighted by molar-refractivity contribution is -0.352. The predicted octanol–water partition coefficient (Wildman–Crippen LogP) is 3.76. The first-order valence-corrected chi connectivity index (χ1v) is 12.9. The third-order valence-corrected chi connectivity index (χ3v) is 6.83.